The second-order valence-electron chi connectivity index (χ2n) is 3.22. The van der Waals surface area contributed by atoms with Crippen LogP contribution in [-0.4, -0.2) is 43.0 Å². The van der Waals surface area contributed by atoms with Crippen molar-refractivity contribution < 1.29 is 4.79 Å². The maximum atomic E-state index is 10.4. The molecular weight excluding hydrogens is 140 g/mol. The molecule has 1 rings (SSSR count). The fraction of sp³-hybridized carbons (Fsp3) is 0.875. The van der Waals surface area contributed by atoms with Crippen LogP contribution >= 0.6 is 0 Å². The first-order valence-corrected chi connectivity index (χ1v) is 4.06. The number of carbonyl (C=O) groups excluding carboxylic acids is 1. The van der Waals surface area contributed by atoms with Crippen LogP contribution in [0, 0.1) is 0 Å². The molecule has 0 aromatic heterocycles. The Morgan fingerprint density at radius 1 is 1.45 bits per heavy atom. The fourth-order valence-corrected chi connectivity index (χ4v) is 1.56. The molecule has 1 aliphatic rings. The number of hydrogen-bond donors (Lipinski definition) is 0. The van der Waals surface area contributed by atoms with Crippen molar-refractivity contribution >= 4 is 6.41 Å². The molecule has 0 bridgehead atoms. The Labute approximate surface area is 68.0 Å². The summed E-state index contributed by atoms with van der Waals surface area (Å²) < 4.78 is 0. The Balaban J connectivity index is 2.51. The molecular formula is C8H15N2O. The first-order valence-electron chi connectivity index (χ1n) is 4.06. The molecule has 3 nitrogen and oxygen atoms in total. The molecule has 0 aliphatic carbocycles. The maximum Gasteiger partial charge on any atom is 0.313 e. The van der Waals surface area contributed by atoms with E-state index in [1.165, 1.54) is 6.42 Å². The molecule has 1 amide bonds. The first-order chi connectivity index (χ1) is 5.25. The molecule has 0 N–H and O–H groups in total. The summed E-state index contributed by atoms with van der Waals surface area (Å²) in [5, 5.41) is 0. The van der Waals surface area contributed by atoms with E-state index in [-0.39, 0.29) is 6.17 Å². The molecule has 3 heteroatoms. The number of piperidine rings is 1. The van der Waals surface area contributed by atoms with E-state index >= 15 is 0 Å². The minimum atomic E-state index is 0.279. The monoisotopic (exact) mass is 155 g/mol. The van der Waals surface area contributed by atoms with E-state index in [4.69, 9.17) is 0 Å². The Hall–Kier alpha value is -0.570. The Morgan fingerprint density at radius 3 is 2.64 bits per heavy atom. The number of amides is 1. The van der Waals surface area contributed by atoms with Crippen molar-refractivity contribution in [1.29, 1.82) is 0 Å². The van der Waals surface area contributed by atoms with Crippen LogP contribution in [0.15, 0.2) is 0 Å². The average molecular weight is 155 g/mol. The highest BCUT2D eigenvalue weighted by atomic mass is 16.1. The molecule has 1 radical (unpaired) electrons. The minimum Gasteiger partial charge on any atom is -0.319 e. The molecule has 11 heavy (non-hydrogen) atoms. The topological polar surface area (TPSA) is 23.6 Å². The highest BCUT2D eigenvalue weighted by molar-refractivity contribution is 5.48. The average Bonchev–Trinajstić information content (AvgIpc) is 2.04. The van der Waals surface area contributed by atoms with Gasteiger partial charge in [-0.2, -0.15) is 0 Å². The molecule has 1 aliphatic heterocycles. The lowest BCUT2D eigenvalue weighted by Crippen LogP contribution is -2.47. The van der Waals surface area contributed by atoms with Crippen molar-refractivity contribution in [3.05, 3.63) is 0 Å². The molecule has 1 fully saturated rings. The summed E-state index contributed by atoms with van der Waals surface area (Å²) in [6, 6.07) is 0. The number of likely N-dealkylation sites (tertiary alicyclic amines) is 1. The van der Waals surface area contributed by atoms with E-state index in [9.17, 15) is 4.79 Å². The normalized spacial score (nSPS) is 25.7. The quantitative estimate of drug-likeness (QED) is 0.577. The fourth-order valence-electron chi connectivity index (χ4n) is 1.56. The number of nitrogens with zero attached hydrogens (tertiary/aromatic N) is 2. The molecule has 1 heterocycles. The van der Waals surface area contributed by atoms with E-state index in [2.05, 4.69) is 4.90 Å². The van der Waals surface area contributed by atoms with Gasteiger partial charge in [0, 0.05) is 6.54 Å². The number of rotatable bonds is 2. The van der Waals surface area contributed by atoms with Gasteiger partial charge in [-0.15, -0.1) is 0 Å². The van der Waals surface area contributed by atoms with Gasteiger partial charge in [0.15, 0.2) is 0 Å². The third-order valence-electron chi connectivity index (χ3n) is 2.18. The molecule has 0 aromatic carbocycles. The standard InChI is InChI=1S/C8H15N2O/c1-9(2)8-5-3-4-6-10(8)7-11/h8H,3-6H2,1-2H3. The summed E-state index contributed by atoms with van der Waals surface area (Å²) in [5.41, 5.74) is 0. The van der Waals surface area contributed by atoms with Gasteiger partial charge in [0.1, 0.15) is 0 Å². The van der Waals surface area contributed by atoms with Crippen LogP contribution in [0.4, 0.5) is 0 Å². The van der Waals surface area contributed by atoms with Crippen LogP contribution in [0.1, 0.15) is 19.3 Å². The van der Waals surface area contributed by atoms with Crippen LogP contribution in [0.5, 0.6) is 0 Å². The summed E-state index contributed by atoms with van der Waals surface area (Å²) in [7, 11) is 4.00. The minimum absolute atomic E-state index is 0.279. The molecule has 1 saturated heterocycles. The first kappa shape index (κ1) is 8.53. The molecule has 1 unspecified atom stereocenters. The summed E-state index contributed by atoms with van der Waals surface area (Å²) >= 11 is 0. The van der Waals surface area contributed by atoms with Crippen molar-refractivity contribution in [1.82, 2.24) is 9.80 Å². The van der Waals surface area contributed by atoms with Crippen molar-refractivity contribution in [3.8, 4) is 0 Å². The van der Waals surface area contributed by atoms with Crippen LogP contribution in [0.3, 0.4) is 0 Å². The van der Waals surface area contributed by atoms with Gasteiger partial charge in [-0.1, -0.05) is 0 Å². The molecule has 63 valence electrons. The van der Waals surface area contributed by atoms with Gasteiger partial charge >= 0.3 is 6.41 Å². The Kier molecular flexibility index (Phi) is 2.88. The predicted octanol–water partition coefficient (Wildman–Crippen LogP) is 0.427. The smallest absolute Gasteiger partial charge is 0.313 e. The van der Waals surface area contributed by atoms with Crippen molar-refractivity contribution in [2.45, 2.75) is 25.4 Å². The van der Waals surface area contributed by atoms with Crippen LogP contribution < -0.4 is 0 Å². The lowest BCUT2D eigenvalue weighted by Gasteiger charge is -2.36. The van der Waals surface area contributed by atoms with E-state index < -0.39 is 0 Å². The molecule has 0 spiro atoms. The molecule has 1 atom stereocenters. The predicted molar refractivity (Wildman–Crippen MR) is 43.7 cm³/mol. The molecule has 0 aromatic rings. The van der Waals surface area contributed by atoms with Gasteiger partial charge in [-0.25, -0.2) is 0 Å². The second-order valence-corrected chi connectivity index (χ2v) is 3.22. The maximum absolute atomic E-state index is 10.4. The second kappa shape index (κ2) is 3.72. The van der Waals surface area contributed by atoms with E-state index in [0.717, 1.165) is 19.4 Å². The third-order valence-corrected chi connectivity index (χ3v) is 2.18. The van der Waals surface area contributed by atoms with Gasteiger partial charge in [0.2, 0.25) is 0 Å². The highest BCUT2D eigenvalue weighted by Crippen LogP contribution is 2.16. The zero-order chi connectivity index (χ0) is 8.27. The van der Waals surface area contributed by atoms with E-state index in [0.29, 0.717) is 0 Å². The van der Waals surface area contributed by atoms with Crippen molar-refractivity contribution in [2.24, 2.45) is 0 Å². The van der Waals surface area contributed by atoms with Gasteiger partial charge in [0.25, 0.3) is 0 Å². The zero-order valence-corrected chi connectivity index (χ0v) is 7.21. The van der Waals surface area contributed by atoms with Crippen LogP contribution in [0.2, 0.25) is 0 Å². The highest BCUT2D eigenvalue weighted by Gasteiger charge is 2.22. The van der Waals surface area contributed by atoms with Crippen LogP contribution in [0.25, 0.3) is 0 Å². The summed E-state index contributed by atoms with van der Waals surface area (Å²) in [6.07, 6.45) is 5.69. The largest absolute Gasteiger partial charge is 0.319 e. The van der Waals surface area contributed by atoms with E-state index in [1.807, 2.05) is 20.5 Å². The van der Waals surface area contributed by atoms with Crippen molar-refractivity contribution in [2.75, 3.05) is 20.6 Å². The lowest BCUT2D eigenvalue weighted by atomic mass is 10.1. The van der Waals surface area contributed by atoms with Crippen LogP contribution in [-0.2, 0) is 4.79 Å². The Morgan fingerprint density at radius 2 is 2.18 bits per heavy atom. The van der Waals surface area contributed by atoms with Gasteiger partial charge in [-0.05, 0) is 33.4 Å². The van der Waals surface area contributed by atoms with Gasteiger partial charge < -0.3 is 4.90 Å². The third kappa shape index (κ3) is 1.93. The number of hydrogen-bond acceptors (Lipinski definition) is 2. The summed E-state index contributed by atoms with van der Waals surface area (Å²) in [6.45, 7) is 0.867. The lowest BCUT2D eigenvalue weighted by molar-refractivity contribution is 0.102. The van der Waals surface area contributed by atoms with E-state index in [1.54, 1.807) is 4.90 Å². The van der Waals surface area contributed by atoms with Crippen molar-refractivity contribution in [3.63, 3.8) is 0 Å². The summed E-state index contributed by atoms with van der Waals surface area (Å²) in [4.78, 5) is 14.3. The SMILES string of the molecule is CN(C)C1CCCCN1[C]=O. The van der Waals surface area contributed by atoms with Gasteiger partial charge in [-0.3, -0.25) is 9.69 Å². The summed E-state index contributed by atoms with van der Waals surface area (Å²) in [5.74, 6) is 0. The molecule has 0 saturated carbocycles. The zero-order valence-electron chi connectivity index (χ0n) is 7.21. The Bertz CT molecular complexity index is 136. The van der Waals surface area contributed by atoms with Gasteiger partial charge in [0.05, 0.1) is 6.17 Å².